The van der Waals surface area contributed by atoms with Gasteiger partial charge in [-0.25, -0.2) is 4.98 Å². The Labute approximate surface area is 202 Å². The van der Waals surface area contributed by atoms with E-state index >= 15 is 0 Å². The van der Waals surface area contributed by atoms with Gasteiger partial charge < -0.3 is 20.1 Å². The summed E-state index contributed by atoms with van der Waals surface area (Å²) in [7, 11) is -0.229. The van der Waals surface area contributed by atoms with Crippen molar-refractivity contribution in [2.24, 2.45) is 11.8 Å². The second kappa shape index (κ2) is 8.85. The Morgan fingerprint density at radius 1 is 1.09 bits per heavy atom. The van der Waals surface area contributed by atoms with Gasteiger partial charge in [0, 0.05) is 30.8 Å². The molecule has 1 aliphatic heterocycles. The van der Waals surface area contributed by atoms with Gasteiger partial charge in [-0.3, -0.25) is 4.68 Å². The molecule has 1 aliphatic carbocycles. The first-order valence-corrected chi connectivity index (χ1v) is 14.6. The molecule has 10 heteroatoms. The number of anilines is 4. The lowest BCUT2D eigenvalue weighted by Crippen LogP contribution is -2.17. The van der Waals surface area contributed by atoms with Crippen molar-refractivity contribution >= 4 is 51.5 Å². The average Bonchev–Trinajstić information content (AvgIpc) is 3.45. The Balaban J connectivity index is 1.31. The predicted octanol–water partition coefficient (Wildman–Crippen LogP) is 4.68. The van der Waals surface area contributed by atoms with Gasteiger partial charge in [-0.05, 0) is 73.1 Å². The summed E-state index contributed by atoms with van der Waals surface area (Å²) in [6, 6.07) is 8.08. The van der Waals surface area contributed by atoms with E-state index in [0.29, 0.717) is 17.8 Å². The molecule has 8 nitrogen and oxygen atoms in total. The number of aromatic nitrogens is 4. The third-order valence-electron chi connectivity index (χ3n) is 6.62. The molecule has 3 aromatic rings. The maximum Gasteiger partial charge on any atom is 0.229 e. The average molecular weight is 530 g/mol. The Morgan fingerprint density at radius 2 is 1.82 bits per heavy atom. The molecule has 2 atom stereocenters. The summed E-state index contributed by atoms with van der Waals surface area (Å²) in [5.74, 6) is 2.65. The molecule has 3 heterocycles. The molecular formula is C23H29BrN7OP. The molecule has 0 radical (unpaired) electrons. The first-order chi connectivity index (χ1) is 15.8. The topological polar surface area (TPSA) is 88.0 Å². The summed E-state index contributed by atoms with van der Waals surface area (Å²) in [5, 5.41) is 12.0. The van der Waals surface area contributed by atoms with Crippen LogP contribution in [0.4, 0.5) is 23.1 Å². The molecule has 2 N–H and O–H groups in total. The lowest BCUT2D eigenvalue weighted by atomic mass is 10.0. The second-order valence-corrected chi connectivity index (χ2v) is 13.6. The molecule has 2 aromatic heterocycles. The lowest BCUT2D eigenvalue weighted by Gasteiger charge is -2.16. The minimum Gasteiger partial charge on any atom is -0.339 e. The number of likely N-dealkylation sites (tertiary alicyclic amines) is 1. The molecule has 0 spiro atoms. The highest BCUT2D eigenvalue weighted by molar-refractivity contribution is 9.10. The van der Waals surface area contributed by atoms with E-state index in [4.69, 9.17) is 0 Å². The van der Waals surface area contributed by atoms with Gasteiger partial charge in [-0.2, -0.15) is 10.1 Å². The fraction of sp³-hybridized carbons (Fsp3) is 0.435. The Hall–Kier alpha value is -2.22. The van der Waals surface area contributed by atoms with Gasteiger partial charge >= 0.3 is 0 Å². The minimum atomic E-state index is -2.44. The number of benzene rings is 1. The Bertz CT molecular complexity index is 1200. The monoisotopic (exact) mass is 529 g/mol. The van der Waals surface area contributed by atoms with Crippen molar-refractivity contribution < 1.29 is 4.57 Å². The van der Waals surface area contributed by atoms with Gasteiger partial charge in [0.15, 0.2) is 0 Å². The third-order valence-corrected chi connectivity index (χ3v) is 8.75. The highest BCUT2D eigenvalue weighted by atomic mass is 79.9. The van der Waals surface area contributed by atoms with E-state index in [1.54, 1.807) is 19.5 Å². The molecular weight excluding hydrogens is 501 g/mol. The second-order valence-electron chi connectivity index (χ2n) is 9.58. The number of hydrogen-bond acceptors (Lipinski definition) is 7. The van der Waals surface area contributed by atoms with Crippen LogP contribution in [0.2, 0.25) is 0 Å². The molecule has 2 unspecified atom stereocenters. The highest BCUT2D eigenvalue weighted by Crippen LogP contribution is 2.43. The van der Waals surface area contributed by atoms with Crippen LogP contribution in [-0.2, 0) is 4.57 Å². The summed E-state index contributed by atoms with van der Waals surface area (Å²) in [6.45, 7) is 5.93. The van der Waals surface area contributed by atoms with Gasteiger partial charge in [-0.1, -0.05) is 12.1 Å². The van der Waals surface area contributed by atoms with E-state index in [9.17, 15) is 4.57 Å². The summed E-state index contributed by atoms with van der Waals surface area (Å²) >= 11 is 3.52. The van der Waals surface area contributed by atoms with Crippen LogP contribution in [0.5, 0.6) is 0 Å². The first-order valence-electron chi connectivity index (χ1n) is 11.2. The van der Waals surface area contributed by atoms with Crippen molar-refractivity contribution in [1.29, 1.82) is 0 Å². The largest absolute Gasteiger partial charge is 0.339 e. The van der Waals surface area contributed by atoms with Crippen LogP contribution in [0.25, 0.3) is 0 Å². The van der Waals surface area contributed by atoms with Crippen LogP contribution in [-0.4, -0.2) is 58.1 Å². The van der Waals surface area contributed by atoms with Gasteiger partial charge in [0.25, 0.3) is 0 Å². The lowest BCUT2D eigenvalue weighted by molar-refractivity contribution is 0.343. The van der Waals surface area contributed by atoms with Crippen LogP contribution in [0.15, 0.2) is 47.3 Å². The van der Waals surface area contributed by atoms with E-state index in [0.717, 1.165) is 33.0 Å². The SMILES string of the molecule is CN1CC2CC(n3cc(Nc4ncc(Br)c(Nc5ccccc5P(C)(C)=O)n4)cn3)CC2C1. The van der Waals surface area contributed by atoms with Crippen molar-refractivity contribution in [2.75, 3.05) is 44.1 Å². The van der Waals surface area contributed by atoms with Crippen molar-refractivity contribution in [1.82, 2.24) is 24.6 Å². The molecule has 1 aromatic carbocycles. The number of halogens is 1. The van der Waals surface area contributed by atoms with Crippen LogP contribution in [0, 0.1) is 11.8 Å². The van der Waals surface area contributed by atoms with Crippen molar-refractivity contribution in [3.8, 4) is 0 Å². The molecule has 5 rings (SSSR count). The maximum atomic E-state index is 12.7. The maximum absolute atomic E-state index is 12.7. The highest BCUT2D eigenvalue weighted by Gasteiger charge is 2.40. The number of fused-ring (bicyclic) bond motifs is 1. The zero-order valence-electron chi connectivity index (χ0n) is 19.1. The predicted molar refractivity (Wildman–Crippen MR) is 137 cm³/mol. The van der Waals surface area contributed by atoms with Crippen molar-refractivity contribution in [3.05, 3.63) is 47.3 Å². The molecule has 2 fully saturated rings. The van der Waals surface area contributed by atoms with Gasteiger partial charge in [0.1, 0.15) is 13.0 Å². The number of rotatable bonds is 6. The van der Waals surface area contributed by atoms with Crippen LogP contribution < -0.4 is 15.9 Å². The Morgan fingerprint density at radius 3 is 2.55 bits per heavy atom. The summed E-state index contributed by atoms with van der Waals surface area (Å²) in [4.78, 5) is 11.5. The number of para-hydroxylation sites is 1. The third kappa shape index (κ3) is 4.86. The fourth-order valence-corrected chi connectivity index (χ4v) is 6.59. The summed E-state index contributed by atoms with van der Waals surface area (Å²) in [6.07, 6.45) is 7.97. The van der Waals surface area contributed by atoms with E-state index in [2.05, 4.69) is 58.3 Å². The minimum absolute atomic E-state index is 0.461. The fourth-order valence-electron chi connectivity index (χ4n) is 5.14. The van der Waals surface area contributed by atoms with E-state index in [-0.39, 0.29) is 0 Å². The van der Waals surface area contributed by atoms with Gasteiger partial charge in [-0.15, -0.1) is 0 Å². The molecule has 174 valence electrons. The van der Waals surface area contributed by atoms with E-state index < -0.39 is 7.14 Å². The summed E-state index contributed by atoms with van der Waals surface area (Å²) < 4.78 is 15.5. The van der Waals surface area contributed by atoms with Gasteiger partial charge in [0.2, 0.25) is 5.95 Å². The van der Waals surface area contributed by atoms with E-state index in [1.807, 2.05) is 36.7 Å². The number of nitrogens with one attached hydrogen (secondary N) is 2. The van der Waals surface area contributed by atoms with Crippen LogP contribution in [0.3, 0.4) is 0 Å². The molecule has 1 saturated carbocycles. The molecule has 0 amide bonds. The molecule has 2 aliphatic rings. The molecule has 0 bridgehead atoms. The van der Waals surface area contributed by atoms with E-state index in [1.165, 1.54) is 25.9 Å². The number of nitrogens with zero attached hydrogens (tertiary/aromatic N) is 5. The summed E-state index contributed by atoms with van der Waals surface area (Å²) in [5.41, 5.74) is 1.64. The molecule has 1 saturated heterocycles. The molecule has 33 heavy (non-hydrogen) atoms. The number of hydrogen-bond donors (Lipinski definition) is 2. The van der Waals surface area contributed by atoms with Crippen LogP contribution >= 0.6 is 23.1 Å². The van der Waals surface area contributed by atoms with Gasteiger partial charge in [0.05, 0.1) is 28.1 Å². The first kappa shape index (κ1) is 22.6. The van der Waals surface area contributed by atoms with Crippen molar-refractivity contribution in [3.63, 3.8) is 0 Å². The smallest absolute Gasteiger partial charge is 0.229 e. The van der Waals surface area contributed by atoms with Crippen LogP contribution in [0.1, 0.15) is 18.9 Å². The zero-order chi connectivity index (χ0) is 23.2. The standard InChI is InChI=1S/C23H29BrN7OP/c1-30-12-15-8-18(9-16(15)13-30)31-14-17(10-26-31)27-23-25-11-19(24)22(29-23)28-20-6-4-5-7-21(20)33(2,3)32/h4-7,10-11,14-16,18H,8-9,12-13H2,1-3H3,(H2,25,27,28,29). The van der Waals surface area contributed by atoms with Crippen molar-refractivity contribution in [2.45, 2.75) is 18.9 Å². The zero-order valence-corrected chi connectivity index (χ0v) is 21.6. The Kier molecular flexibility index (Phi) is 6.05. The quantitative estimate of drug-likeness (QED) is 0.448. The normalized spacial score (nSPS) is 23.0.